The fourth-order valence-corrected chi connectivity index (χ4v) is 3.79. The minimum Gasteiger partial charge on any atom is -0.307 e. The standard InChI is InChI=1S/C16H28N2S/c1-15(2,3)13-11-19-14(18-13)10-17-12-8-6-7-9-16(12,4)5/h11-12,17H,6-10H2,1-5H3. The van der Waals surface area contributed by atoms with Gasteiger partial charge >= 0.3 is 0 Å². The van der Waals surface area contributed by atoms with Gasteiger partial charge in [0.2, 0.25) is 0 Å². The van der Waals surface area contributed by atoms with Gasteiger partial charge in [0.1, 0.15) is 5.01 Å². The van der Waals surface area contributed by atoms with Crippen molar-refractivity contribution in [2.45, 2.75) is 78.3 Å². The summed E-state index contributed by atoms with van der Waals surface area (Å²) in [6.45, 7) is 12.4. The van der Waals surface area contributed by atoms with Gasteiger partial charge in [-0.1, -0.05) is 47.5 Å². The molecular weight excluding hydrogens is 252 g/mol. The first-order valence-electron chi connectivity index (χ1n) is 7.47. The van der Waals surface area contributed by atoms with Crippen molar-refractivity contribution in [1.29, 1.82) is 0 Å². The third kappa shape index (κ3) is 3.79. The fraction of sp³-hybridized carbons (Fsp3) is 0.812. The molecule has 19 heavy (non-hydrogen) atoms. The molecular formula is C16H28N2S. The summed E-state index contributed by atoms with van der Waals surface area (Å²) in [5.74, 6) is 0. The zero-order valence-electron chi connectivity index (χ0n) is 13.0. The van der Waals surface area contributed by atoms with Crippen molar-refractivity contribution < 1.29 is 0 Å². The molecule has 1 aromatic heterocycles. The van der Waals surface area contributed by atoms with Crippen molar-refractivity contribution in [1.82, 2.24) is 10.3 Å². The molecule has 108 valence electrons. The van der Waals surface area contributed by atoms with Crippen LogP contribution in [0.15, 0.2) is 5.38 Å². The molecule has 1 atom stereocenters. The highest BCUT2D eigenvalue weighted by Crippen LogP contribution is 2.35. The quantitative estimate of drug-likeness (QED) is 0.882. The highest BCUT2D eigenvalue weighted by Gasteiger charge is 2.31. The SMILES string of the molecule is CC(C)(C)c1csc(CNC2CCCCC2(C)C)n1. The Kier molecular flexibility index (Phi) is 4.36. The molecule has 1 fully saturated rings. The van der Waals surface area contributed by atoms with Gasteiger partial charge < -0.3 is 5.32 Å². The molecule has 2 nitrogen and oxygen atoms in total. The number of hydrogen-bond donors (Lipinski definition) is 1. The molecule has 0 bridgehead atoms. The Bertz CT molecular complexity index is 415. The number of rotatable bonds is 3. The first kappa shape index (κ1) is 15.0. The molecule has 0 amide bonds. The van der Waals surface area contributed by atoms with Gasteiger partial charge in [-0.2, -0.15) is 0 Å². The molecule has 1 aliphatic rings. The lowest BCUT2D eigenvalue weighted by molar-refractivity contribution is 0.166. The van der Waals surface area contributed by atoms with E-state index in [1.165, 1.54) is 36.4 Å². The van der Waals surface area contributed by atoms with Gasteiger partial charge in [0, 0.05) is 23.4 Å². The summed E-state index contributed by atoms with van der Waals surface area (Å²) < 4.78 is 0. The zero-order valence-corrected chi connectivity index (χ0v) is 13.9. The van der Waals surface area contributed by atoms with E-state index in [9.17, 15) is 0 Å². The summed E-state index contributed by atoms with van der Waals surface area (Å²) in [7, 11) is 0. The van der Waals surface area contributed by atoms with Crippen LogP contribution in [0.3, 0.4) is 0 Å². The van der Waals surface area contributed by atoms with Gasteiger partial charge in [-0.25, -0.2) is 4.98 Å². The average Bonchev–Trinajstić information content (AvgIpc) is 2.75. The van der Waals surface area contributed by atoms with Crippen LogP contribution in [0.25, 0.3) is 0 Å². The van der Waals surface area contributed by atoms with E-state index in [-0.39, 0.29) is 5.41 Å². The lowest BCUT2D eigenvalue weighted by atomic mass is 9.73. The van der Waals surface area contributed by atoms with Crippen molar-refractivity contribution >= 4 is 11.3 Å². The molecule has 1 heterocycles. The second-order valence-corrected chi connectivity index (χ2v) is 8.49. The molecule has 2 rings (SSSR count). The maximum absolute atomic E-state index is 4.77. The van der Waals surface area contributed by atoms with Gasteiger partial charge in [0.15, 0.2) is 0 Å². The summed E-state index contributed by atoms with van der Waals surface area (Å²) in [5, 5.41) is 7.18. The van der Waals surface area contributed by atoms with Crippen molar-refractivity contribution in [3.05, 3.63) is 16.1 Å². The maximum Gasteiger partial charge on any atom is 0.107 e. The van der Waals surface area contributed by atoms with E-state index in [4.69, 9.17) is 4.98 Å². The van der Waals surface area contributed by atoms with Crippen LogP contribution < -0.4 is 5.32 Å². The average molecular weight is 280 g/mol. The van der Waals surface area contributed by atoms with Crippen molar-refractivity contribution in [2.75, 3.05) is 0 Å². The van der Waals surface area contributed by atoms with Gasteiger partial charge in [0.05, 0.1) is 5.69 Å². The number of aromatic nitrogens is 1. The van der Waals surface area contributed by atoms with Crippen LogP contribution >= 0.6 is 11.3 Å². The molecule has 1 aromatic rings. The Hall–Kier alpha value is -0.410. The van der Waals surface area contributed by atoms with E-state index in [1.54, 1.807) is 11.3 Å². The van der Waals surface area contributed by atoms with Crippen LogP contribution in [-0.2, 0) is 12.0 Å². The summed E-state index contributed by atoms with van der Waals surface area (Å²) in [6.07, 6.45) is 5.41. The lowest BCUT2D eigenvalue weighted by Crippen LogP contribution is -2.43. The summed E-state index contributed by atoms with van der Waals surface area (Å²) in [6, 6.07) is 0.642. The number of nitrogens with zero attached hydrogens (tertiary/aromatic N) is 1. The van der Waals surface area contributed by atoms with Gasteiger partial charge in [-0.05, 0) is 18.3 Å². The molecule has 0 radical (unpaired) electrons. The molecule has 1 unspecified atom stereocenters. The molecule has 1 saturated carbocycles. The highest BCUT2D eigenvalue weighted by molar-refractivity contribution is 7.09. The van der Waals surface area contributed by atoms with Crippen LogP contribution in [0.2, 0.25) is 0 Å². The number of nitrogens with one attached hydrogen (secondary N) is 1. The van der Waals surface area contributed by atoms with Gasteiger partial charge in [0.25, 0.3) is 0 Å². The largest absolute Gasteiger partial charge is 0.307 e. The van der Waals surface area contributed by atoms with E-state index < -0.39 is 0 Å². The van der Waals surface area contributed by atoms with Gasteiger partial charge in [-0.3, -0.25) is 0 Å². The molecule has 0 aromatic carbocycles. The van der Waals surface area contributed by atoms with Gasteiger partial charge in [-0.15, -0.1) is 11.3 Å². The Morgan fingerprint density at radius 3 is 2.68 bits per heavy atom. The Morgan fingerprint density at radius 2 is 2.11 bits per heavy atom. The van der Waals surface area contributed by atoms with E-state index >= 15 is 0 Å². The van der Waals surface area contributed by atoms with E-state index in [2.05, 4.69) is 45.3 Å². The van der Waals surface area contributed by atoms with E-state index in [1.807, 2.05) is 0 Å². The van der Waals surface area contributed by atoms with Crippen LogP contribution in [0, 0.1) is 5.41 Å². The van der Waals surface area contributed by atoms with E-state index in [0.717, 1.165) is 6.54 Å². The highest BCUT2D eigenvalue weighted by atomic mass is 32.1. The normalized spacial score (nSPS) is 23.5. The molecule has 1 aliphatic carbocycles. The lowest BCUT2D eigenvalue weighted by Gasteiger charge is -2.39. The van der Waals surface area contributed by atoms with Crippen LogP contribution in [0.1, 0.15) is 71.0 Å². The molecule has 3 heteroatoms. The minimum atomic E-state index is 0.166. The summed E-state index contributed by atoms with van der Waals surface area (Å²) in [4.78, 5) is 4.77. The zero-order chi connectivity index (χ0) is 14.1. The Labute approximate surface area is 122 Å². The predicted octanol–water partition coefficient (Wildman–Crippen LogP) is 4.50. The second kappa shape index (κ2) is 5.53. The van der Waals surface area contributed by atoms with Crippen LogP contribution in [0.5, 0.6) is 0 Å². The first-order valence-corrected chi connectivity index (χ1v) is 8.35. The maximum atomic E-state index is 4.77. The van der Waals surface area contributed by atoms with Crippen molar-refractivity contribution in [3.8, 4) is 0 Å². The second-order valence-electron chi connectivity index (χ2n) is 7.54. The molecule has 0 spiro atoms. The minimum absolute atomic E-state index is 0.166. The Morgan fingerprint density at radius 1 is 1.37 bits per heavy atom. The summed E-state index contributed by atoms with van der Waals surface area (Å²) in [5.41, 5.74) is 1.82. The predicted molar refractivity (Wildman–Crippen MR) is 83.7 cm³/mol. The summed E-state index contributed by atoms with van der Waals surface area (Å²) >= 11 is 1.79. The Balaban J connectivity index is 1.93. The van der Waals surface area contributed by atoms with Crippen molar-refractivity contribution in [3.63, 3.8) is 0 Å². The first-order chi connectivity index (χ1) is 8.79. The smallest absolute Gasteiger partial charge is 0.107 e. The number of thiazole rings is 1. The topological polar surface area (TPSA) is 24.9 Å². The van der Waals surface area contributed by atoms with Crippen molar-refractivity contribution in [2.24, 2.45) is 5.41 Å². The van der Waals surface area contributed by atoms with Crippen LogP contribution in [-0.4, -0.2) is 11.0 Å². The molecule has 0 aliphatic heterocycles. The molecule has 0 saturated heterocycles. The molecule has 1 N–H and O–H groups in total. The third-order valence-corrected chi connectivity index (χ3v) is 5.18. The number of hydrogen-bond acceptors (Lipinski definition) is 3. The third-order valence-electron chi connectivity index (χ3n) is 4.33. The fourth-order valence-electron chi connectivity index (χ4n) is 2.82. The van der Waals surface area contributed by atoms with E-state index in [0.29, 0.717) is 11.5 Å². The van der Waals surface area contributed by atoms with Crippen LogP contribution in [0.4, 0.5) is 0 Å². The monoisotopic (exact) mass is 280 g/mol.